The second-order valence-electron chi connectivity index (χ2n) is 6.71. The van der Waals surface area contributed by atoms with Gasteiger partial charge in [-0.3, -0.25) is 9.59 Å². The molecule has 9 heteroatoms. The highest BCUT2D eigenvalue weighted by atomic mass is 19.1. The van der Waals surface area contributed by atoms with Crippen LogP contribution in [0.5, 0.6) is 0 Å². The lowest BCUT2D eigenvalue weighted by Gasteiger charge is -2.25. The van der Waals surface area contributed by atoms with Crippen LogP contribution in [0, 0.1) is 11.6 Å². The van der Waals surface area contributed by atoms with Crippen LogP contribution in [0.4, 0.5) is 8.78 Å². The third-order valence-electron chi connectivity index (χ3n) is 4.35. The van der Waals surface area contributed by atoms with Gasteiger partial charge in [0.1, 0.15) is 17.4 Å². The van der Waals surface area contributed by atoms with Gasteiger partial charge in [0.25, 0.3) is 5.78 Å². The molecule has 0 saturated carbocycles. The van der Waals surface area contributed by atoms with Crippen molar-refractivity contribution in [2.45, 2.75) is 39.2 Å². The van der Waals surface area contributed by atoms with Crippen LogP contribution in [0.15, 0.2) is 48.5 Å². The molecule has 1 N–H and O–H groups in total. The van der Waals surface area contributed by atoms with E-state index in [1.165, 1.54) is 24.3 Å². The zero-order valence-electron chi connectivity index (χ0n) is 18.6. The number of aliphatic hydroxyl groups is 1. The Labute approximate surface area is 190 Å². The molecule has 0 heterocycles. The summed E-state index contributed by atoms with van der Waals surface area (Å²) in [6.07, 6.45) is -0.184. The molecule has 0 spiro atoms. The molecule has 1 atom stereocenters. The minimum absolute atomic E-state index is 0.0860. The predicted molar refractivity (Wildman–Crippen MR) is 114 cm³/mol. The van der Waals surface area contributed by atoms with Crippen LogP contribution in [0.1, 0.15) is 49.5 Å². The Morgan fingerprint density at radius 1 is 0.818 bits per heavy atom. The van der Waals surface area contributed by atoms with Gasteiger partial charge in [-0.05, 0) is 55.8 Å². The summed E-state index contributed by atoms with van der Waals surface area (Å²) >= 11 is 0. The zero-order chi connectivity index (χ0) is 25.0. The first-order chi connectivity index (χ1) is 15.6. The Morgan fingerprint density at radius 3 is 1.76 bits per heavy atom. The van der Waals surface area contributed by atoms with Gasteiger partial charge in [-0.2, -0.15) is 0 Å². The molecule has 0 aliphatic rings. The summed E-state index contributed by atoms with van der Waals surface area (Å²) in [5.74, 6) is -3.79. The van der Waals surface area contributed by atoms with Crippen molar-refractivity contribution >= 4 is 23.5 Å². The van der Waals surface area contributed by atoms with Crippen molar-refractivity contribution in [3.8, 4) is 0 Å². The van der Waals surface area contributed by atoms with Crippen LogP contribution in [0.2, 0.25) is 0 Å². The van der Waals surface area contributed by atoms with Gasteiger partial charge in [-0.25, -0.2) is 18.4 Å². The third-order valence-corrected chi connectivity index (χ3v) is 4.35. The van der Waals surface area contributed by atoms with Gasteiger partial charge in [-0.15, -0.1) is 0 Å². The largest absolute Gasteiger partial charge is 0.464 e. The summed E-state index contributed by atoms with van der Waals surface area (Å²) < 4.78 is 34.7. The Kier molecular flexibility index (Phi) is 11.0. The number of ether oxygens (including phenoxy) is 2. The van der Waals surface area contributed by atoms with Crippen molar-refractivity contribution in [1.29, 1.82) is 0 Å². The topological polar surface area (TPSA) is 107 Å². The maximum Gasteiger partial charge on any atom is 0.379 e. The van der Waals surface area contributed by atoms with E-state index in [1.54, 1.807) is 20.8 Å². The highest BCUT2D eigenvalue weighted by molar-refractivity contribution is 6.40. The molecule has 1 unspecified atom stereocenters. The van der Waals surface area contributed by atoms with Crippen LogP contribution in [0.3, 0.4) is 0 Å². The normalized spacial score (nSPS) is 11.9. The van der Waals surface area contributed by atoms with Crippen LogP contribution in [-0.2, 0) is 29.5 Å². The summed E-state index contributed by atoms with van der Waals surface area (Å²) in [6, 6.07) is 9.51. The van der Waals surface area contributed by atoms with E-state index < -0.39 is 35.0 Å². The first-order valence-corrected chi connectivity index (χ1v) is 10.2. The Hall–Kier alpha value is -3.46. The number of benzene rings is 2. The quantitative estimate of drug-likeness (QED) is 0.344. The molecule has 7 nitrogen and oxygen atoms in total. The van der Waals surface area contributed by atoms with E-state index in [0.29, 0.717) is 0 Å². The van der Waals surface area contributed by atoms with Crippen molar-refractivity contribution in [3.05, 3.63) is 71.3 Å². The number of ketones is 2. The number of hydrogen-bond acceptors (Lipinski definition) is 7. The number of carbonyl (C=O) groups excluding carboxylic acids is 4. The fourth-order valence-corrected chi connectivity index (χ4v) is 2.59. The van der Waals surface area contributed by atoms with E-state index in [0.717, 1.165) is 24.3 Å². The van der Waals surface area contributed by atoms with Crippen LogP contribution in [-0.4, -0.2) is 41.8 Å². The first kappa shape index (κ1) is 27.6. The van der Waals surface area contributed by atoms with Gasteiger partial charge >= 0.3 is 11.9 Å². The lowest BCUT2D eigenvalue weighted by molar-refractivity contribution is -0.168. The van der Waals surface area contributed by atoms with Gasteiger partial charge in [-0.1, -0.05) is 19.1 Å². The number of rotatable bonds is 9. The highest BCUT2D eigenvalue weighted by Gasteiger charge is 2.41. The molecule has 0 aliphatic carbocycles. The molecule has 2 aromatic rings. The smallest absolute Gasteiger partial charge is 0.379 e. The molecule has 0 fully saturated rings. The van der Waals surface area contributed by atoms with E-state index in [1.807, 2.05) is 0 Å². The van der Waals surface area contributed by atoms with Crippen molar-refractivity contribution < 1.29 is 42.5 Å². The standard InChI is InChI=1S/C14H17FO4.C10H9FO3/c1-3-12(16)9-14(18,13(17)19-4-2)10-5-7-11(15)8-6-10;1-2-14-10(13)9(12)7-3-5-8(11)6-4-7/h5-8,18H,3-4,9H2,1-2H3;3-6H,2H2,1H3. The van der Waals surface area contributed by atoms with Gasteiger partial charge in [0.15, 0.2) is 5.60 Å². The minimum Gasteiger partial charge on any atom is -0.464 e. The van der Waals surface area contributed by atoms with Crippen molar-refractivity contribution in [2.75, 3.05) is 13.2 Å². The summed E-state index contributed by atoms with van der Waals surface area (Å²) in [6.45, 7) is 5.08. The summed E-state index contributed by atoms with van der Waals surface area (Å²) in [4.78, 5) is 45.6. The van der Waals surface area contributed by atoms with Gasteiger partial charge in [0.05, 0.1) is 19.6 Å². The summed E-state index contributed by atoms with van der Waals surface area (Å²) in [7, 11) is 0. The summed E-state index contributed by atoms with van der Waals surface area (Å²) in [5.41, 5.74) is -1.78. The van der Waals surface area contributed by atoms with Crippen LogP contribution >= 0.6 is 0 Å². The molecule has 2 aromatic carbocycles. The fourth-order valence-electron chi connectivity index (χ4n) is 2.59. The second-order valence-corrected chi connectivity index (χ2v) is 6.71. The Balaban J connectivity index is 0.000000346. The zero-order valence-corrected chi connectivity index (χ0v) is 18.6. The fraction of sp³-hybridized carbons (Fsp3) is 0.333. The number of Topliss-reactive ketones (excluding diaryl/α,β-unsaturated/α-hetero) is 2. The van der Waals surface area contributed by atoms with E-state index >= 15 is 0 Å². The maximum atomic E-state index is 12.9. The molecule has 0 aliphatic heterocycles. The molecule has 33 heavy (non-hydrogen) atoms. The molecular weight excluding hydrogens is 438 g/mol. The molecular formula is C24H26F2O7. The number of halogens is 2. The molecule has 0 amide bonds. The molecule has 178 valence electrons. The lowest BCUT2D eigenvalue weighted by Crippen LogP contribution is -2.39. The molecule has 0 aromatic heterocycles. The molecule has 0 radical (unpaired) electrons. The van der Waals surface area contributed by atoms with Crippen molar-refractivity contribution in [2.24, 2.45) is 0 Å². The Morgan fingerprint density at radius 2 is 1.30 bits per heavy atom. The van der Waals surface area contributed by atoms with E-state index in [2.05, 4.69) is 4.74 Å². The van der Waals surface area contributed by atoms with Crippen LogP contribution < -0.4 is 0 Å². The molecule has 2 rings (SSSR count). The minimum atomic E-state index is -2.06. The number of carbonyl (C=O) groups is 4. The average Bonchev–Trinajstić information content (AvgIpc) is 2.80. The van der Waals surface area contributed by atoms with Gasteiger partial charge in [0.2, 0.25) is 0 Å². The van der Waals surface area contributed by atoms with E-state index in [-0.39, 0.29) is 43.0 Å². The Bertz CT molecular complexity index is 956. The van der Waals surface area contributed by atoms with Gasteiger partial charge < -0.3 is 14.6 Å². The average molecular weight is 464 g/mol. The third kappa shape index (κ3) is 8.19. The molecule has 0 saturated heterocycles. The van der Waals surface area contributed by atoms with E-state index in [9.17, 15) is 33.1 Å². The lowest BCUT2D eigenvalue weighted by atomic mass is 9.88. The van der Waals surface area contributed by atoms with Crippen molar-refractivity contribution in [3.63, 3.8) is 0 Å². The first-order valence-electron chi connectivity index (χ1n) is 10.2. The van der Waals surface area contributed by atoms with Gasteiger partial charge in [0, 0.05) is 12.0 Å². The summed E-state index contributed by atoms with van der Waals surface area (Å²) in [5, 5.41) is 10.5. The maximum absolute atomic E-state index is 12.9. The monoisotopic (exact) mass is 464 g/mol. The van der Waals surface area contributed by atoms with Crippen LogP contribution in [0.25, 0.3) is 0 Å². The number of esters is 2. The molecule has 0 bridgehead atoms. The SMILES string of the molecule is CCOC(=O)C(=O)c1ccc(F)cc1.CCOC(=O)C(O)(CC(=O)CC)c1ccc(F)cc1. The number of hydrogen-bond donors (Lipinski definition) is 1. The predicted octanol–water partition coefficient (Wildman–Crippen LogP) is 3.52. The van der Waals surface area contributed by atoms with E-state index in [4.69, 9.17) is 4.74 Å². The highest BCUT2D eigenvalue weighted by Crippen LogP contribution is 2.28. The van der Waals surface area contributed by atoms with Crippen molar-refractivity contribution in [1.82, 2.24) is 0 Å². The second kappa shape index (κ2) is 13.2.